The molecule has 20 heavy (non-hydrogen) atoms. The number of piperazine rings is 1. The third-order valence-corrected chi connectivity index (χ3v) is 4.47. The molecule has 1 heterocycles. The molecule has 1 aliphatic carbocycles. The Hall–Kier alpha value is -0.900. The fraction of sp³-hybridized carbons (Fsp3) is 0.875. The van der Waals surface area contributed by atoms with E-state index in [-0.39, 0.29) is 0 Å². The van der Waals surface area contributed by atoms with Gasteiger partial charge in [-0.05, 0) is 24.7 Å². The molecular formula is C16H28N2O2. The van der Waals surface area contributed by atoms with Gasteiger partial charge in [-0.1, -0.05) is 13.8 Å². The van der Waals surface area contributed by atoms with E-state index in [0.29, 0.717) is 42.8 Å². The van der Waals surface area contributed by atoms with Crippen molar-refractivity contribution in [1.29, 1.82) is 0 Å². The maximum absolute atomic E-state index is 12.3. The highest BCUT2D eigenvalue weighted by atomic mass is 16.2. The Morgan fingerprint density at radius 1 is 1.15 bits per heavy atom. The first kappa shape index (κ1) is 15.5. The zero-order valence-corrected chi connectivity index (χ0v) is 12.9. The predicted molar refractivity (Wildman–Crippen MR) is 79.4 cm³/mol. The van der Waals surface area contributed by atoms with Gasteiger partial charge in [0.2, 0.25) is 5.91 Å². The minimum atomic E-state index is 0.300. The van der Waals surface area contributed by atoms with Crippen LogP contribution >= 0.6 is 0 Å². The number of rotatable bonds is 4. The Morgan fingerprint density at radius 3 is 2.30 bits per heavy atom. The Morgan fingerprint density at radius 2 is 1.75 bits per heavy atom. The van der Waals surface area contributed by atoms with Crippen LogP contribution in [0.5, 0.6) is 0 Å². The van der Waals surface area contributed by atoms with Gasteiger partial charge in [-0.15, -0.1) is 0 Å². The van der Waals surface area contributed by atoms with Gasteiger partial charge < -0.3 is 4.90 Å². The van der Waals surface area contributed by atoms with Crippen LogP contribution in [0, 0.1) is 11.8 Å². The van der Waals surface area contributed by atoms with E-state index in [2.05, 4.69) is 18.7 Å². The molecule has 1 saturated carbocycles. The number of hydrogen-bond donors (Lipinski definition) is 0. The summed E-state index contributed by atoms with van der Waals surface area (Å²) in [6, 6.07) is 0. The van der Waals surface area contributed by atoms with Crippen molar-refractivity contribution in [3.05, 3.63) is 0 Å². The van der Waals surface area contributed by atoms with Gasteiger partial charge in [0.15, 0.2) is 0 Å². The molecule has 0 spiro atoms. The Labute approximate surface area is 122 Å². The van der Waals surface area contributed by atoms with Crippen molar-refractivity contribution < 1.29 is 9.59 Å². The minimum absolute atomic E-state index is 0.300. The quantitative estimate of drug-likeness (QED) is 0.790. The van der Waals surface area contributed by atoms with E-state index in [9.17, 15) is 9.59 Å². The van der Waals surface area contributed by atoms with E-state index in [1.54, 1.807) is 0 Å². The van der Waals surface area contributed by atoms with Gasteiger partial charge in [-0.25, -0.2) is 0 Å². The van der Waals surface area contributed by atoms with Crippen LogP contribution in [-0.2, 0) is 9.59 Å². The smallest absolute Gasteiger partial charge is 0.222 e. The van der Waals surface area contributed by atoms with Crippen LogP contribution in [0.4, 0.5) is 0 Å². The topological polar surface area (TPSA) is 40.6 Å². The number of ketones is 1. The first-order valence-corrected chi connectivity index (χ1v) is 8.06. The molecule has 4 nitrogen and oxygen atoms in total. The van der Waals surface area contributed by atoms with Crippen LogP contribution in [-0.4, -0.2) is 54.2 Å². The van der Waals surface area contributed by atoms with Crippen molar-refractivity contribution in [3.8, 4) is 0 Å². The molecule has 0 atom stereocenters. The summed E-state index contributed by atoms with van der Waals surface area (Å²) in [7, 11) is 0. The van der Waals surface area contributed by atoms with Crippen LogP contribution in [0.1, 0.15) is 46.0 Å². The molecule has 2 aliphatic rings. The second-order valence-electron chi connectivity index (χ2n) is 6.76. The number of amides is 1. The summed E-state index contributed by atoms with van der Waals surface area (Å²) in [5, 5.41) is 0. The molecule has 1 saturated heterocycles. The van der Waals surface area contributed by atoms with Crippen molar-refractivity contribution in [1.82, 2.24) is 9.80 Å². The van der Waals surface area contributed by atoms with Crippen LogP contribution in [0.3, 0.4) is 0 Å². The van der Waals surface area contributed by atoms with Crippen LogP contribution < -0.4 is 0 Å². The van der Waals surface area contributed by atoms with E-state index in [1.165, 1.54) is 0 Å². The Kier molecular flexibility index (Phi) is 5.58. The molecule has 0 aromatic heterocycles. The lowest BCUT2D eigenvalue weighted by Crippen LogP contribution is -2.49. The van der Waals surface area contributed by atoms with Gasteiger partial charge >= 0.3 is 0 Å². The summed E-state index contributed by atoms with van der Waals surface area (Å²) in [5.41, 5.74) is 0. The zero-order valence-electron chi connectivity index (χ0n) is 12.9. The summed E-state index contributed by atoms with van der Waals surface area (Å²) >= 11 is 0. The molecule has 2 rings (SSSR count). The normalized spacial score (nSPS) is 22.6. The molecule has 0 unspecified atom stereocenters. The third kappa shape index (κ3) is 4.58. The summed E-state index contributed by atoms with van der Waals surface area (Å²) in [6.07, 6.45) is 3.84. The molecule has 114 valence electrons. The van der Waals surface area contributed by atoms with Gasteiger partial charge in [-0.2, -0.15) is 0 Å². The summed E-state index contributed by atoms with van der Waals surface area (Å²) in [4.78, 5) is 28.0. The highest BCUT2D eigenvalue weighted by Gasteiger charge is 2.26. The first-order valence-electron chi connectivity index (χ1n) is 8.06. The Balaban J connectivity index is 1.70. The van der Waals surface area contributed by atoms with Crippen LogP contribution in [0.25, 0.3) is 0 Å². The van der Waals surface area contributed by atoms with Crippen molar-refractivity contribution >= 4 is 11.7 Å². The molecule has 0 radical (unpaired) electrons. The predicted octanol–water partition coefficient (Wildman–Crippen LogP) is 1.94. The van der Waals surface area contributed by atoms with E-state index in [4.69, 9.17) is 0 Å². The molecule has 1 aliphatic heterocycles. The average Bonchev–Trinajstić information content (AvgIpc) is 2.41. The molecule has 0 aromatic carbocycles. The van der Waals surface area contributed by atoms with Crippen molar-refractivity contribution in [2.24, 2.45) is 11.8 Å². The van der Waals surface area contributed by atoms with Gasteiger partial charge in [0.1, 0.15) is 5.78 Å². The molecule has 4 heteroatoms. The standard InChI is InChI=1S/C16H28N2O2/c1-13(2)12-17-7-9-18(10-8-17)16(20)11-14-3-5-15(19)6-4-14/h13-14H,3-12H2,1-2H3. The molecule has 0 bridgehead atoms. The monoisotopic (exact) mass is 280 g/mol. The van der Waals surface area contributed by atoms with Gasteiger partial charge in [0, 0.05) is 52.0 Å². The highest BCUT2D eigenvalue weighted by Crippen LogP contribution is 2.25. The lowest BCUT2D eigenvalue weighted by atomic mass is 9.86. The number of hydrogen-bond acceptors (Lipinski definition) is 3. The lowest BCUT2D eigenvalue weighted by Gasteiger charge is -2.36. The minimum Gasteiger partial charge on any atom is -0.340 e. The van der Waals surface area contributed by atoms with Crippen LogP contribution in [0.2, 0.25) is 0 Å². The SMILES string of the molecule is CC(C)CN1CCN(C(=O)CC2CCC(=O)CC2)CC1. The second kappa shape index (κ2) is 7.21. The summed E-state index contributed by atoms with van der Waals surface area (Å²) in [5.74, 6) is 1.80. The first-order chi connectivity index (χ1) is 9.54. The fourth-order valence-electron chi connectivity index (χ4n) is 3.28. The lowest BCUT2D eigenvalue weighted by molar-refractivity contribution is -0.135. The maximum atomic E-state index is 12.3. The van der Waals surface area contributed by atoms with Crippen molar-refractivity contribution in [3.63, 3.8) is 0 Å². The molecule has 2 fully saturated rings. The molecule has 0 N–H and O–H groups in total. The van der Waals surface area contributed by atoms with Crippen molar-refractivity contribution in [2.45, 2.75) is 46.0 Å². The maximum Gasteiger partial charge on any atom is 0.222 e. The van der Waals surface area contributed by atoms with Crippen molar-refractivity contribution in [2.75, 3.05) is 32.7 Å². The molecule has 1 amide bonds. The number of nitrogens with zero attached hydrogens (tertiary/aromatic N) is 2. The summed E-state index contributed by atoms with van der Waals surface area (Å²) < 4.78 is 0. The number of carbonyl (C=O) groups excluding carboxylic acids is 2. The van der Waals surface area contributed by atoms with Gasteiger partial charge in [0.05, 0.1) is 0 Å². The largest absolute Gasteiger partial charge is 0.340 e. The number of Topliss-reactive ketones (excluding diaryl/α,β-unsaturated/α-hetero) is 1. The second-order valence-corrected chi connectivity index (χ2v) is 6.76. The van der Waals surface area contributed by atoms with Gasteiger partial charge in [-0.3, -0.25) is 14.5 Å². The molecular weight excluding hydrogens is 252 g/mol. The van der Waals surface area contributed by atoms with Gasteiger partial charge in [0.25, 0.3) is 0 Å². The third-order valence-electron chi connectivity index (χ3n) is 4.47. The van der Waals surface area contributed by atoms with E-state index in [0.717, 1.165) is 45.6 Å². The van der Waals surface area contributed by atoms with E-state index >= 15 is 0 Å². The Bertz CT molecular complexity index is 336. The van der Waals surface area contributed by atoms with E-state index < -0.39 is 0 Å². The van der Waals surface area contributed by atoms with E-state index in [1.807, 2.05) is 4.90 Å². The number of carbonyl (C=O) groups is 2. The molecule has 0 aromatic rings. The average molecular weight is 280 g/mol. The fourth-order valence-corrected chi connectivity index (χ4v) is 3.28. The zero-order chi connectivity index (χ0) is 14.5. The highest BCUT2D eigenvalue weighted by molar-refractivity contribution is 5.80. The van der Waals surface area contributed by atoms with Crippen LogP contribution in [0.15, 0.2) is 0 Å². The summed E-state index contributed by atoms with van der Waals surface area (Å²) in [6.45, 7) is 9.37.